The quantitative estimate of drug-likeness (QED) is 0.699. The molecular weight excluding hydrogens is 345 g/mol. The predicted octanol–water partition coefficient (Wildman–Crippen LogP) is 0.923. The second-order valence-corrected chi connectivity index (χ2v) is 5.84. The van der Waals surface area contributed by atoms with Crippen LogP contribution in [0.3, 0.4) is 0 Å². The minimum absolute atomic E-state index is 0.0105. The number of hydrogen-bond donors (Lipinski definition) is 2. The minimum Gasteiger partial charge on any atom is -0.484 e. The van der Waals surface area contributed by atoms with Crippen molar-refractivity contribution in [3.63, 3.8) is 0 Å². The predicted molar refractivity (Wildman–Crippen MR) is 90.3 cm³/mol. The van der Waals surface area contributed by atoms with Crippen LogP contribution >= 0.6 is 0 Å². The number of nitrogens with one attached hydrogen (secondary N) is 1. The SMILES string of the molecule is O=C(O)CCCNC(=O)N1CCN(C(=O)COc2ccc(F)cc2)CC1. The normalized spacial score (nSPS) is 14.0. The number of carbonyl (C=O) groups excluding carboxylic acids is 2. The summed E-state index contributed by atoms with van der Waals surface area (Å²) in [7, 11) is 0. The first kappa shape index (κ1) is 19.5. The first-order valence-corrected chi connectivity index (χ1v) is 8.36. The Labute approximate surface area is 150 Å². The maximum atomic E-state index is 12.8. The number of carboxylic acids is 1. The lowest BCUT2D eigenvalue weighted by Crippen LogP contribution is -2.54. The molecule has 2 rings (SSSR count). The number of hydrogen-bond acceptors (Lipinski definition) is 4. The van der Waals surface area contributed by atoms with Gasteiger partial charge < -0.3 is 25.0 Å². The van der Waals surface area contributed by atoms with E-state index in [-0.39, 0.29) is 30.8 Å². The van der Waals surface area contributed by atoms with Gasteiger partial charge in [0.2, 0.25) is 0 Å². The molecule has 0 spiro atoms. The number of halogens is 1. The Morgan fingerprint density at radius 1 is 1.08 bits per heavy atom. The topological polar surface area (TPSA) is 99.2 Å². The molecule has 1 aromatic carbocycles. The summed E-state index contributed by atoms with van der Waals surface area (Å²) in [6, 6.07) is 5.16. The van der Waals surface area contributed by atoms with E-state index in [1.54, 1.807) is 9.80 Å². The van der Waals surface area contributed by atoms with Gasteiger partial charge in [0, 0.05) is 39.1 Å². The van der Waals surface area contributed by atoms with Gasteiger partial charge >= 0.3 is 12.0 Å². The molecule has 1 aliphatic rings. The van der Waals surface area contributed by atoms with Gasteiger partial charge in [-0.1, -0.05) is 0 Å². The van der Waals surface area contributed by atoms with Gasteiger partial charge in [-0.3, -0.25) is 9.59 Å². The molecule has 1 heterocycles. The number of carboxylic acid groups (broad SMARTS) is 1. The lowest BCUT2D eigenvalue weighted by atomic mass is 10.3. The number of benzene rings is 1. The van der Waals surface area contributed by atoms with Gasteiger partial charge in [-0.05, 0) is 30.7 Å². The van der Waals surface area contributed by atoms with Crippen LogP contribution in [-0.4, -0.2) is 72.1 Å². The van der Waals surface area contributed by atoms with Crippen LogP contribution in [0.15, 0.2) is 24.3 Å². The zero-order chi connectivity index (χ0) is 18.9. The van der Waals surface area contributed by atoms with Crippen molar-refractivity contribution in [2.75, 3.05) is 39.3 Å². The summed E-state index contributed by atoms with van der Waals surface area (Å²) in [5, 5.41) is 11.2. The van der Waals surface area contributed by atoms with E-state index in [0.717, 1.165) is 0 Å². The highest BCUT2D eigenvalue weighted by Crippen LogP contribution is 2.11. The van der Waals surface area contributed by atoms with Crippen LogP contribution in [0.5, 0.6) is 5.75 Å². The van der Waals surface area contributed by atoms with Crippen LogP contribution in [0.25, 0.3) is 0 Å². The number of piperazine rings is 1. The fourth-order valence-electron chi connectivity index (χ4n) is 2.47. The Bertz CT molecular complexity index is 630. The molecule has 0 aromatic heterocycles. The van der Waals surface area contributed by atoms with Crippen LogP contribution in [0, 0.1) is 5.82 Å². The van der Waals surface area contributed by atoms with Crippen molar-refractivity contribution in [2.24, 2.45) is 0 Å². The average Bonchev–Trinajstić information content (AvgIpc) is 2.64. The zero-order valence-electron chi connectivity index (χ0n) is 14.3. The Morgan fingerprint density at radius 2 is 1.69 bits per heavy atom. The third-order valence-corrected chi connectivity index (χ3v) is 3.94. The molecule has 1 saturated heterocycles. The highest BCUT2D eigenvalue weighted by atomic mass is 19.1. The van der Waals surface area contributed by atoms with Gasteiger partial charge in [0.15, 0.2) is 6.61 Å². The number of ether oxygens (including phenoxy) is 1. The van der Waals surface area contributed by atoms with Gasteiger partial charge in [-0.15, -0.1) is 0 Å². The number of urea groups is 1. The monoisotopic (exact) mass is 367 g/mol. The van der Waals surface area contributed by atoms with E-state index in [2.05, 4.69) is 5.32 Å². The Balaban J connectivity index is 1.66. The summed E-state index contributed by atoms with van der Waals surface area (Å²) in [5.74, 6) is -1.05. The van der Waals surface area contributed by atoms with Gasteiger partial charge in [-0.25, -0.2) is 9.18 Å². The van der Waals surface area contributed by atoms with E-state index in [1.807, 2.05) is 0 Å². The number of nitrogens with zero attached hydrogens (tertiary/aromatic N) is 2. The van der Waals surface area contributed by atoms with Crippen molar-refractivity contribution >= 4 is 17.9 Å². The smallest absolute Gasteiger partial charge is 0.317 e. The van der Waals surface area contributed by atoms with Crippen molar-refractivity contribution in [3.8, 4) is 5.75 Å². The second kappa shape index (κ2) is 9.59. The summed E-state index contributed by atoms with van der Waals surface area (Å²) < 4.78 is 18.2. The molecule has 0 aliphatic carbocycles. The number of carbonyl (C=O) groups is 3. The molecule has 0 radical (unpaired) electrons. The molecule has 9 heteroatoms. The number of aliphatic carboxylic acids is 1. The Morgan fingerprint density at radius 3 is 2.31 bits per heavy atom. The van der Waals surface area contributed by atoms with Crippen LogP contribution in [0.2, 0.25) is 0 Å². The van der Waals surface area contributed by atoms with Crippen LogP contribution in [-0.2, 0) is 9.59 Å². The summed E-state index contributed by atoms with van der Waals surface area (Å²) in [6.07, 6.45) is 0.386. The average molecular weight is 367 g/mol. The summed E-state index contributed by atoms with van der Waals surface area (Å²) in [5.41, 5.74) is 0. The van der Waals surface area contributed by atoms with E-state index in [4.69, 9.17) is 9.84 Å². The molecule has 1 fully saturated rings. The molecule has 26 heavy (non-hydrogen) atoms. The van der Waals surface area contributed by atoms with Crippen molar-refractivity contribution in [2.45, 2.75) is 12.8 Å². The minimum atomic E-state index is -0.894. The standard InChI is InChI=1S/C17H22FN3O5/c18-13-3-5-14(6-4-13)26-12-15(22)20-8-10-21(11-9-20)17(25)19-7-1-2-16(23)24/h3-6H,1-2,7-12H2,(H,19,25)(H,23,24). The molecule has 1 aliphatic heterocycles. The highest BCUT2D eigenvalue weighted by Gasteiger charge is 2.24. The first-order valence-electron chi connectivity index (χ1n) is 8.36. The molecule has 0 saturated carbocycles. The van der Waals surface area contributed by atoms with Crippen molar-refractivity contribution in [1.29, 1.82) is 0 Å². The van der Waals surface area contributed by atoms with Crippen LogP contribution in [0.1, 0.15) is 12.8 Å². The second-order valence-electron chi connectivity index (χ2n) is 5.84. The molecular formula is C17H22FN3O5. The van der Waals surface area contributed by atoms with E-state index < -0.39 is 5.97 Å². The van der Waals surface area contributed by atoms with E-state index in [1.165, 1.54) is 24.3 Å². The summed E-state index contributed by atoms with van der Waals surface area (Å²) in [6.45, 7) is 1.74. The molecule has 8 nitrogen and oxygen atoms in total. The molecule has 3 amide bonds. The molecule has 2 N–H and O–H groups in total. The number of rotatable bonds is 7. The molecule has 1 aromatic rings. The van der Waals surface area contributed by atoms with Gasteiger partial charge in [0.05, 0.1) is 0 Å². The molecule has 0 unspecified atom stereocenters. The Kier molecular flexibility index (Phi) is 7.19. The Hall–Kier alpha value is -2.84. The first-order chi connectivity index (χ1) is 12.5. The third-order valence-electron chi connectivity index (χ3n) is 3.94. The fourth-order valence-corrected chi connectivity index (χ4v) is 2.47. The lowest BCUT2D eigenvalue weighted by molar-refractivity contribution is -0.137. The lowest BCUT2D eigenvalue weighted by Gasteiger charge is -2.34. The van der Waals surface area contributed by atoms with Gasteiger partial charge in [-0.2, -0.15) is 0 Å². The maximum absolute atomic E-state index is 12.8. The molecule has 0 atom stereocenters. The fraction of sp³-hybridized carbons (Fsp3) is 0.471. The van der Waals surface area contributed by atoms with Crippen molar-refractivity contribution < 1.29 is 28.6 Å². The van der Waals surface area contributed by atoms with Crippen molar-refractivity contribution in [3.05, 3.63) is 30.1 Å². The molecule has 0 bridgehead atoms. The van der Waals surface area contributed by atoms with Crippen molar-refractivity contribution in [1.82, 2.24) is 15.1 Å². The molecule has 142 valence electrons. The summed E-state index contributed by atoms with van der Waals surface area (Å²) >= 11 is 0. The van der Waals surface area contributed by atoms with Gasteiger partial charge in [0.1, 0.15) is 11.6 Å². The van der Waals surface area contributed by atoms with Crippen LogP contribution in [0.4, 0.5) is 9.18 Å². The number of amides is 3. The zero-order valence-corrected chi connectivity index (χ0v) is 14.3. The van der Waals surface area contributed by atoms with E-state index >= 15 is 0 Å². The largest absolute Gasteiger partial charge is 0.484 e. The maximum Gasteiger partial charge on any atom is 0.317 e. The van der Waals surface area contributed by atoms with E-state index in [9.17, 15) is 18.8 Å². The summed E-state index contributed by atoms with van der Waals surface area (Å²) in [4.78, 5) is 37.7. The van der Waals surface area contributed by atoms with Crippen LogP contribution < -0.4 is 10.1 Å². The van der Waals surface area contributed by atoms with Gasteiger partial charge in [0.25, 0.3) is 5.91 Å². The third kappa shape index (κ3) is 6.23. The van der Waals surface area contributed by atoms with E-state index in [0.29, 0.717) is 44.9 Å². The highest BCUT2D eigenvalue weighted by molar-refractivity contribution is 5.79.